The van der Waals surface area contributed by atoms with E-state index in [9.17, 15) is 14.4 Å². The Balaban J connectivity index is 1.28. The van der Waals surface area contributed by atoms with Gasteiger partial charge in [0.15, 0.2) is 0 Å². The topological polar surface area (TPSA) is 78.5 Å². The molecule has 6 nitrogen and oxygen atoms in total. The molecule has 0 radical (unpaired) electrons. The monoisotopic (exact) mass is 403 g/mol. The Labute approximate surface area is 175 Å². The first-order chi connectivity index (χ1) is 14.6. The SMILES string of the molecule is O=C1CCC(N2Cc3cc(C4CCC(c5ccccc5)CN4)ccc3C2=O)C(=O)N1. The van der Waals surface area contributed by atoms with E-state index in [1.807, 2.05) is 18.2 Å². The summed E-state index contributed by atoms with van der Waals surface area (Å²) in [5, 5.41) is 6.03. The number of piperidine rings is 2. The molecule has 30 heavy (non-hydrogen) atoms. The predicted molar refractivity (Wildman–Crippen MR) is 112 cm³/mol. The molecule has 2 saturated heterocycles. The molecular weight excluding hydrogens is 378 g/mol. The van der Waals surface area contributed by atoms with Gasteiger partial charge < -0.3 is 10.2 Å². The maximum atomic E-state index is 12.9. The number of benzene rings is 2. The maximum absolute atomic E-state index is 12.9. The third-order valence-corrected chi connectivity index (χ3v) is 6.64. The highest BCUT2D eigenvalue weighted by molar-refractivity contribution is 6.05. The Morgan fingerprint density at radius 3 is 2.47 bits per heavy atom. The van der Waals surface area contributed by atoms with Gasteiger partial charge in [0.25, 0.3) is 5.91 Å². The molecule has 3 heterocycles. The summed E-state index contributed by atoms with van der Waals surface area (Å²) in [7, 11) is 0. The molecule has 0 aliphatic carbocycles. The van der Waals surface area contributed by atoms with Crippen molar-refractivity contribution in [1.82, 2.24) is 15.5 Å². The van der Waals surface area contributed by atoms with Gasteiger partial charge in [-0.2, -0.15) is 0 Å². The second-order valence-electron chi connectivity index (χ2n) is 8.46. The number of carbonyl (C=O) groups excluding carboxylic acids is 3. The highest BCUT2D eigenvalue weighted by Gasteiger charge is 2.39. The molecule has 0 aromatic heterocycles. The standard InChI is InChI=1S/C24H25N3O3/c28-22-11-10-21(23(29)26-22)27-14-18-12-16(6-8-19(18)24(27)30)20-9-7-17(13-25-20)15-4-2-1-3-5-15/h1-6,8,12,17,20-21,25H,7,9-11,13-14H2,(H,26,28,29). The summed E-state index contributed by atoms with van der Waals surface area (Å²) >= 11 is 0. The Morgan fingerprint density at radius 2 is 1.73 bits per heavy atom. The number of hydrogen-bond acceptors (Lipinski definition) is 4. The van der Waals surface area contributed by atoms with Crippen LogP contribution in [0.15, 0.2) is 48.5 Å². The van der Waals surface area contributed by atoms with Gasteiger partial charge in [-0.1, -0.05) is 42.5 Å². The zero-order valence-corrected chi connectivity index (χ0v) is 16.8. The number of carbonyl (C=O) groups is 3. The van der Waals surface area contributed by atoms with Crippen molar-refractivity contribution < 1.29 is 14.4 Å². The van der Waals surface area contributed by atoms with Crippen molar-refractivity contribution in [3.05, 3.63) is 70.8 Å². The quantitative estimate of drug-likeness (QED) is 0.773. The van der Waals surface area contributed by atoms with Crippen molar-refractivity contribution >= 4 is 17.7 Å². The van der Waals surface area contributed by atoms with Crippen molar-refractivity contribution in [2.75, 3.05) is 6.54 Å². The van der Waals surface area contributed by atoms with Crippen LogP contribution in [0.3, 0.4) is 0 Å². The summed E-state index contributed by atoms with van der Waals surface area (Å²) in [5.74, 6) is -0.221. The van der Waals surface area contributed by atoms with Crippen molar-refractivity contribution in [2.24, 2.45) is 0 Å². The molecule has 2 aromatic rings. The molecule has 154 valence electrons. The van der Waals surface area contributed by atoms with Crippen LogP contribution in [0.4, 0.5) is 0 Å². The van der Waals surface area contributed by atoms with Gasteiger partial charge in [-0.25, -0.2) is 0 Å². The van der Waals surface area contributed by atoms with Gasteiger partial charge in [0.2, 0.25) is 11.8 Å². The Morgan fingerprint density at radius 1 is 0.900 bits per heavy atom. The zero-order chi connectivity index (χ0) is 20.7. The lowest BCUT2D eigenvalue weighted by Gasteiger charge is -2.30. The first-order valence-electron chi connectivity index (χ1n) is 10.7. The minimum atomic E-state index is -0.564. The molecule has 5 rings (SSSR count). The Hall–Kier alpha value is -2.99. The first kappa shape index (κ1) is 19.0. The van der Waals surface area contributed by atoms with E-state index >= 15 is 0 Å². The van der Waals surface area contributed by atoms with E-state index in [1.54, 1.807) is 4.90 Å². The van der Waals surface area contributed by atoms with Crippen molar-refractivity contribution in [3.63, 3.8) is 0 Å². The van der Waals surface area contributed by atoms with Crippen LogP contribution in [0.1, 0.15) is 64.7 Å². The molecule has 3 unspecified atom stereocenters. The van der Waals surface area contributed by atoms with Crippen LogP contribution < -0.4 is 10.6 Å². The van der Waals surface area contributed by atoms with Gasteiger partial charge >= 0.3 is 0 Å². The summed E-state index contributed by atoms with van der Waals surface area (Å²) in [5.41, 5.74) is 4.21. The number of nitrogens with zero attached hydrogens (tertiary/aromatic N) is 1. The van der Waals surface area contributed by atoms with E-state index in [1.165, 1.54) is 11.1 Å². The third-order valence-electron chi connectivity index (χ3n) is 6.64. The fraction of sp³-hybridized carbons (Fsp3) is 0.375. The molecule has 6 heteroatoms. The zero-order valence-electron chi connectivity index (χ0n) is 16.8. The fourth-order valence-electron chi connectivity index (χ4n) is 4.96. The van der Waals surface area contributed by atoms with E-state index < -0.39 is 6.04 Å². The normalized spacial score (nSPS) is 26.5. The average Bonchev–Trinajstić information content (AvgIpc) is 3.10. The first-order valence-corrected chi connectivity index (χ1v) is 10.7. The van der Waals surface area contributed by atoms with Crippen LogP contribution in [0.2, 0.25) is 0 Å². The van der Waals surface area contributed by atoms with Gasteiger partial charge in [0, 0.05) is 31.1 Å². The minimum Gasteiger partial charge on any atom is -0.322 e. The Bertz CT molecular complexity index is 996. The molecule has 3 aliphatic rings. The molecule has 3 atom stereocenters. The lowest BCUT2D eigenvalue weighted by molar-refractivity contribution is -0.136. The number of rotatable bonds is 3. The Kier molecular flexibility index (Phi) is 4.87. The van der Waals surface area contributed by atoms with Gasteiger partial charge in [-0.15, -0.1) is 0 Å². The number of amides is 3. The third kappa shape index (κ3) is 3.41. The highest BCUT2D eigenvalue weighted by Crippen LogP contribution is 2.34. The molecule has 2 N–H and O–H groups in total. The smallest absolute Gasteiger partial charge is 0.255 e. The molecule has 2 fully saturated rings. The van der Waals surface area contributed by atoms with Gasteiger partial charge in [0.1, 0.15) is 6.04 Å². The van der Waals surface area contributed by atoms with Crippen molar-refractivity contribution in [2.45, 2.75) is 50.2 Å². The molecular formula is C24H25N3O3. The van der Waals surface area contributed by atoms with Crippen LogP contribution in [0.5, 0.6) is 0 Å². The lowest BCUT2D eigenvalue weighted by atomic mass is 9.86. The van der Waals surface area contributed by atoms with Crippen molar-refractivity contribution in [3.8, 4) is 0 Å². The van der Waals surface area contributed by atoms with Crippen LogP contribution in [-0.2, 0) is 16.1 Å². The summed E-state index contributed by atoms with van der Waals surface area (Å²) in [6.45, 7) is 1.36. The molecule has 0 saturated carbocycles. The van der Waals surface area contributed by atoms with E-state index in [2.05, 4.69) is 41.0 Å². The van der Waals surface area contributed by atoms with E-state index in [-0.39, 0.29) is 30.2 Å². The summed E-state index contributed by atoms with van der Waals surface area (Å²) < 4.78 is 0. The fourth-order valence-corrected chi connectivity index (χ4v) is 4.96. The maximum Gasteiger partial charge on any atom is 0.255 e. The second kappa shape index (κ2) is 7.69. The summed E-state index contributed by atoms with van der Waals surface area (Å²) in [4.78, 5) is 38.1. The van der Waals surface area contributed by atoms with Crippen LogP contribution in [0.25, 0.3) is 0 Å². The van der Waals surface area contributed by atoms with Crippen LogP contribution in [-0.4, -0.2) is 35.2 Å². The van der Waals surface area contributed by atoms with E-state index in [0.717, 1.165) is 24.9 Å². The lowest BCUT2D eigenvalue weighted by Crippen LogP contribution is -2.52. The largest absolute Gasteiger partial charge is 0.322 e. The molecule has 2 aromatic carbocycles. The van der Waals surface area contributed by atoms with Gasteiger partial charge in [-0.05, 0) is 47.9 Å². The van der Waals surface area contributed by atoms with Crippen LogP contribution >= 0.6 is 0 Å². The second-order valence-corrected chi connectivity index (χ2v) is 8.46. The molecule has 0 bridgehead atoms. The number of nitrogens with one attached hydrogen (secondary N) is 2. The van der Waals surface area contributed by atoms with Gasteiger partial charge in [-0.3, -0.25) is 19.7 Å². The minimum absolute atomic E-state index is 0.119. The van der Waals surface area contributed by atoms with Gasteiger partial charge in [0.05, 0.1) is 0 Å². The van der Waals surface area contributed by atoms with Crippen LogP contribution in [0, 0.1) is 0 Å². The number of hydrogen-bond donors (Lipinski definition) is 2. The highest BCUT2D eigenvalue weighted by atomic mass is 16.2. The average molecular weight is 403 g/mol. The van der Waals surface area contributed by atoms with E-state index in [4.69, 9.17) is 0 Å². The number of fused-ring (bicyclic) bond motifs is 1. The molecule has 3 amide bonds. The number of imide groups is 1. The summed E-state index contributed by atoms with van der Waals surface area (Å²) in [6.07, 6.45) is 2.84. The molecule has 3 aliphatic heterocycles. The van der Waals surface area contributed by atoms with Crippen molar-refractivity contribution in [1.29, 1.82) is 0 Å². The molecule has 0 spiro atoms. The predicted octanol–water partition coefficient (Wildman–Crippen LogP) is 2.66. The summed E-state index contributed by atoms with van der Waals surface area (Å²) in [6, 6.07) is 16.4. The van der Waals surface area contributed by atoms with E-state index in [0.29, 0.717) is 24.4 Å².